The van der Waals surface area contributed by atoms with Gasteiger partial charge in [0, 0.05) is 31.5 Å². The van der Waals surface area contributed by atoms with Crippen LogP contribution >= 0.6 is 0 Å². The van der Waals surface area contributed by atoms with Gasteiger partial charge in [0.2, 0.25) is 0 Å². The number of carboxylic acids is 1. The van der Waals surface area contributed by atoms with E-state index in [9.17, 15) is 18.0 Å². The molecule has 0 bridgehead atoms. The van der Waals surface area contributed by atoms with Crippen LogP contribution in [0.3, 0.4) is 0 Å². The lowest BCUT2D eigenvalue weighted by Crippen LogP contribution is -2.44. The van der Waals surface area contributed by atoms with Gasteiger partial charge in [0.1, 0.15) is 0 Å². The minimum atomic E-state index is -5.08. The number of carbonyl (C=O) groups is 2. The third kappa shape index (κ3) is 8.20. The standard InChI is InChI=1S/C14H22N4O2.C2HF3O2/c1-3-6-18-7-4-12(5-8-18)17-13(19)11-9-15-14(20-2)16-10-11;3-2(4,5)1(6)7/h9-10,12H,3-8H2,1-2H3,(H,17,19);(H,6,7). The summed E-state index contributed by atoms with van der Waals surface area (Å²) in [6, 6.07) is 0.520. The molecule has 0 radical (unpaired) electrons. The van der Waals surface area contributed by atoms with Gasteiger partial charge in [-0.05, 0) is 25.8 Å². The molecule has 1 aliphatic heterocycles. The number of rotatable bonds is 5. The zero-order valence-corrected chi connectivity index (χ0v) is 15.1. The average molecular weight is 392 g/mol. The van der Waals surface area contributed by atoms with Crippen LogP contribution in [0, 0.1) is 0 Å². The number of carbonyl (C=O) groups excluding carboxylic acids is 1. The number of nitrogens with zero attached hydrogens (tertiary/aromatic N) is 3. The van der Waals surface area contributed by atoms with Crippen LogP contribution in [0.25, 0.3) is 0 Å². The Kier molecular flexibility index (Phi) is 8.92. The van der Waals surface area contributed by atoms with Crippen LogP contribution in [0.2, 0.25) is 0 Å². The molecule has 27 heavy (non-hydrogen) atoms. The number of aromatic nitrogens is 2. The van der Waals surface area contributed by atoms with Crippen molar-refractivity contribution in [2.24, 2.45) is 0 Å². The second-order valence-electron chi connectivity index (χ2n) is 5.85. The summed E-state index contributed by atoms with van der Waals surface area (Å²) in [5.41, 5.74) is 0.474. The van der Waals surface area contributed by atoms with Crippen LogP contribution in [0.5, 0.6) is 6.01 Å². The molecule has 1 aliphatic rings. The number of piperidine rings is 1. The van der Waals surface area contributed by atoms with Crippen LogP contribution in [0.1, 0.15) is 36.5 Å². The Balaban J connectivity index is 0.000000445. The van der Waals surface area contributed by atoms with E-state index in [2.05, 4.69) is 27.1 Å². The molecule has 1 saturated heterocycles. The maximum Gasteiger partial charge on any atom is 0.490 e. The highest BCUT2D eigenvalue weighted by atomic mass is 19.4. The summed E-state index contributed by atoms with van der Waals surface area (Å²) in [7, 11) is 1.50. The number of alkyl halides is 3. The van der Waals surface area contributed by atoms with Crippen molar-refractivity contribution >= 4 is 11.9 Å². The van der Waals surface area contributed by atoms with E-state index in [4.69, 9.17) is 14.6 Å². The fraction of sp³-hybridized carbons (Fsp3) is 0.625. The third-order valence-corrected chi connectivity index (χ3v) is 3.78. The maximum absolute atomic E-state index is 12.1. The minimum Gasteiger partial charge on any atom is -0.475 e. The first-order valence-corrected chi connectivity index (χ1v) is 8.36. The highest BCUT2D eigenvalue weighted by Gasteiger charge is 2.38. The summed E-state index contributed by atoms with van der Waals surface area (Å²) in [5.74, 6) is -2.87. The van der Waals surface area contributed by atoms with Crippen molar-refractivity contribution in [3.05, 3.63) is 18.0 Å². The summed E-state index contributed by atoms with van der Waals surface area (Å²) in [5, 5.41) is 10.2. The summed E-state index contributed by atoms with van der Waals surface area (Å²) < 4.78 is 36.6. The SMILES string of the molecule is CCCN1CCC(NC(=O)c2cnc(OC)nc2)CC1.O=C(O)C(F)(F)F. The Morgan fingerprint density at radius 2 is 1.81 bits per heavy atom. The average Bonchev–Trinajstić information content (AvgIpc) is 2.63. The van der Waals surface area contributed by atoms with Crippen LogP contribution in [0.15, 0.2) is 12.4 Å². The zero-order chi connectivity index (χ0) is 20.4. The monoisotopic (exact) mass is 392 g/mol. The van der Waals surface area contributed by atoms with Crippen molar-refractivity contribution in [1.82, 2.24) is 20.2 Å². The van der Waals surface area contributed by atoms with Gasteiger partial charge in [-0.2, -0.15) is 13.2 Å². The number of halogens is 3. The number of likely N-dealkylation sites (tertiary alicyclic amines) is 1. The Hall–Kier alpha value is -2.43. The Morgan fingerprint density at radius 3 is 2.22 bits per heavy atom. The van der Waals surface area contributed by atoms with E-state index in [1.165, 1.54) is 25.9 Å². The number of aliphatic carboxylic acids is 1. The molecule has 0 aliphatic carbocycles. The molecule has 8 nitrogen and oxygen atoms in total. The predicted octanol–water partition coefficient (Wildman–Crippen LogP) is 1.72. The van der Waals surface area contributed by atoms with E-state index in [1.54, 1.807) is 0 Å². The number of methoxy groups -OCH3 is 1. The zero-order valence-electron chi connectivity index (χ0n) is 15.1. The normalized spacial score (nSPS) is 15.4. The van der Waals surface area contributed by atoms with Crippen molar-refractivity contribution in [1.29, 1.82) is 0 Å². The first-order chi connectivity index (χ1) is 12.7. The van der Waals surface area contributed by atoms with Crippen LogP contribution < -0.4 is 10.1 Å². The highest BCUT2D eigenvalue weighted by molar-refractivity contribution is 5.93. The molecule has 11 heteroatoms. The molecular weight excluding hydrogens is 369 g/mol. The molecule has 1 aromatic heterocycles. The molecule has 2 rings (SSSR count). The van der Waals surface area contributed by atoms with E-state index < -0.39 is 12.1 Å². The van der Waals surface area contributed by atoms with Gasteiger partial charge in [0.15, 0.2) is 0 Å². The third-order valence-electron chi connectivity index (χ3n) is 3.78. The molecule has 1 fully saturated rings. The lowest BCUT2D eigenvalue weighted by atomic mass is 10.0. The summed E-state index contributed by atoms with van der Waals surface area (Å²) in [6.07, 6.45) is 1.09. The molecule has 0 spiro atoms. The molecule has 0 atom stereocenters. The van der Waals surface area contributed by atoms with Gasteiger partial charge in [0.05, 0.1) is 12.7 Å². The van der Waals surface area contributed by atoms with Gasteiger partial charge in [-0.25, -0.2) is 14.8 Å². The van der Waals surface area contributed by atoms with Gasteiger partial charge in [-0.15, -0.1) is 0 Å². The fourth-order valence-electron chi connectivity index (χ4n) is 2.42. The summed E-state index contributed by atoms with van der Waals surface area (Å²) in [6.45, 7) is 5.44. The second-order valence-corrected chi connectivity index (χ2v) is 5.85. The number of carboxylic acid groups (broad SMARTS) is 1. The molecular formula is C16H23F3N4O4. The topological polar surface area (TPSA) is 105 Å². The van der Waals surface area contributed by atoms with Crippen molar-refractivity contribution in [3.63, 3.8) is 0 Å². The Labute approximate surface area is 154 Å². The van der Waals surface area contributed by atoms with Gasteiger partial charge in [-0.1, -0.05) is 6.92 Å². The van der Waals surface area contributed by atoms with E-state index in [1.807, 2.05) is 0 Å². The van der Waals surface area contributed by atoms with Gasteiger partial charge in [0.25, 0.3) is 5.91 Å². The molecule has 0 saturated carbocycles. The van der Waals surface area contributed by atoms with Crippen molar-refractivity contribution in [2.45, 2.75) is 38.4 Å². The first-order valence-electron chi connectivity index (χ1n) is 8.36. The molecule has 1 amide bonds. The van der Waals surface area contributed by atoms with Crippen molar-refractivity contribution in [3.8, 4) is 6.01 Å². The number of ether oxygens (including phenoxy) is 1. The largest absolute Gasteiger partial charge is 0.490 e. The second kappa shape index (κ2) is 10.7. The fourth-order valence-corrected chi connectivity index (χ4v) is 2.42. The number of hydrogen-bond acceptors (Lipinski definition) is 6. The molecule has 0 unspecified atom stereocenters. The Morgan fingerprint density at radius 1 is 1.30 bits per heavy atom. The van der Waals surface area contributed by atoms with E-state index in [0.29, 0.717) is 5.56 Å². The predicted molar refractivity (Wildman–Crippen MR) is 89.5 cm³/mol. The maximum atomic E-state index is 12.1. The lowest BCUT2D eigenvalue weighted by molar-refractivity contribution is -0.192. The van der Waals surface area contributed by atoms with Crippen LogP contribution in [-0.2, 0) is 4.79 Å². The smallest absolute Gasteiger partial charge is 0.475 e. The van der Waals surface area contributed by atoms with Crippen molar-refractivity contribution in [2.75, 3.05) is 26.7 Å². The highest BCUT2D eigenvalue weighted by Crippen LogP contribution is 2.13. The van der Waals surface area contributed by atoms with Gasteiger partial charge in [-0.3, -0.25) is 4.79 Å². The molecule has 2 heterocycles. The first kappa shape index (κ1) is 22.6. The number of hydrogen-bond donors (Lipinski definition) is 2. The molecule has 2 N–H and O–H groups in total. The van der Waals surface area contributed by atoms with E-state index in [0.717, 1.165) is 32.5 Å². The summed E-state index contributed by atoms with van der Waals surface area (Å²) in [4.78, 5) is 31.3. The van der Waals surface area contributed by atoms with Gasteiger partial charge < -0.3 is 20.1 Å². The van der Waals surface area contributed by atoms with Gasteiger partial charge >= 0.3 is 18.2 Å². The molecule has 1 aromatic rings. The van der Waals surface area contributed by atoms with Crippen LogP contribution in [0.4, 0.5) is 13.2 Å². The quantitative estimate of drug-likeness (QED) is 0.786. The lowest BCUT2D eigenvalue weighted by Gasteiger charge is -2.32. The van der Waals surface area contributed by atoms with Crippen molar-refractivity contribution < 1.29 is 32.6 Å². The minimum absolute atomic E-state index is 0.110. The molecule has 152 valence electrons. The summed E-state index contributed by atoms with van der Waals surface area (Å²) >= 11 is 0. The Bertz CT molecular complexity index is 603. The van der Waals surface area contributed by atoms with E-state index in [-0.39, 0.29) is 18.0 Å². The molecule has 0 aromatic carbocycles. The van der Waals surface area contributed by atoms with Crippen LogP contribution in [-0.4, -0.2) is 70.8 Å². The number of nitrogens with one attached hydrogen (secondary N) is 1. The van der Waals surface area contributed by atoms with E-state index >= 15 is 0 Å². The number of amides is 1.